The van der Waals surface area contributed by atoms with Crippen LogP contribution in [0.15, 0.2) is 18.2 Å². The van der Waals surface area contributed by atoms with Crippen molar-refractivity contribution in [2.75, 3.05) is 18.9 Å². The molecule has 0 aliphatic heterocycles. The summed E-state index contributed by atoms with van der Waals surface area (Å²) in [5.74, 6) is 1.61. The molecule has 3 heteroatoms. The minimum atomic E-state index is 0.691. The average molecular weight is 279 g/mol. The SMILES string of the molecule is CCCCCCCCOc1cc(N)cc(OCCC)c1. The first-order chi connectivity index (χ1) is 9.76. The summed E-state index contributed by atoms with van der Waals surface area (Å²) in [6.07, 6.45) is 8.60. The molecule has 0 spiro atoms. The molecule has 0 bridgehead atoms. The topological polar surface area (TPSA) is 44.5 Å². The largest absolute Gasteiger partial charge is 0.493 e. The highest BCUT2D eigenvalue weighted by atomic mass is 16.5. The molecular formula is C17H29NO2. The number of unbranched alkanes of at least 4 members (excludes halogenated alkanes) is 5. The van der Waals surface area contributed by atoms with Crippen LogP contribution < -0.4 is 15.2 Å². The highest BCUT2D eigenvalue weighted by Crippen LogP contribution is 2.24. The fraction of sp³-hybridized carbons (Fsp3) is 0.647. The van der Waals surface area contributed by atoms with Gasteiger partial charge in [-0.2, -0.15) is 0 Å². The van der Waals surface area contributed by atoms with Crippen LogP contribution in [0.25, 0.3) is 0 Å². The predicted molar refractivity (Wildman–Crippen MR) is 85.5 cm³/mol. The van der Waals surface area contributed by atoms with Crippen LogP contribution in [0, 0.1) is 0 Å². The number of nitrogen functional groups attached to an aromatic ring is 1. The van der Waals surface area contributed by atoms with Gasteiger partial charge < -0.3 is 15.2 Å². The zero-order valence-corrected chi connectivity index (χ0v) is 13.0. The van der Waals surface area contributed by atoms with Crippen molar-refractivity contribution in [2.45, 2.75) is 58.8 Å². The third-order valence-corrected chi connectivity index (χ3v) is 3.14. The van der Waals surface area contributed by atoms with E-state index in [0.717, 1.165) is 30.9 Å². The van der Waals surface area contributed by atoms with Gasteiger partial charge in [0.25, 0.3) is 0 Å². The molecule has 0 amide bonds. The smallest absolute Gasteiger partial charge is 0.125 e. The van der Waals surface area contributed by atoms with E-state index in [9.17, 15) is 0 Å². The lowest BCUT2D eigenvalue weighted by Gasteiger charge is -2.10. The highest BCUT2D eigenvalue weighted by molar-refractivity contribution is 5.50. The van der Waals surface area contributed by atoms with Crippen LogP contribution in [0.4, 0.5) is 5.69 Å². The molecule has 20 heavy (non-hydrogen) atoms. The second kappa shape index (κ2) is 10.4. The summed E-state index contributed by atoms with van der Waals surface area (Å²) in [6.45, 7) is 5.78. The maximum atomic E-state index is 5.86. The first-order valence-corrected chi connectivity index (χ1v) is 7.92. The summed E-state index contributed by atoms with van der Waals surface area (Å²) >= 11 is 0. The van der Waals surface area contributed by atoms with Gasteiger partial charge >= 0.3 is 0 Å². The van der Waals surface area contributed by atoms with E-state index in [-0.39, 0.29) is 0 Å². The Kier molecular flexibility index (Phi) is 8.68. The number of rotatable bonds is 11. The molecular weight excluding hydrogens is 250 g/mol. The van der Waals surface area contributed by atoms with Crippen LogP contribution >= 0.6 is 0 Å². The Morgan fingerprint density at radius 3 is 2.00 bits per heavy atom. The molecule has 1 rings (SSSR count). The molecule has 0 aromatic heterocycles. The quantitative estimate of drug-likeness (QED) is 0.467. The standard InChI is InChI=1S/C17H29NO2/c1-3-5-6-7-8-9-11-20-17-13-15(18)12-16(14-17)19-10-4-2/h12-14H,3-11,18H2,1-2H3. The first-order valence-electron chi connectivity index (χ1n) is 7.92. The van der Waals surface area contributed by atoms with Gasteiger partial charge in [0.05, 0.1) is 13.2 Å². The molecule has 2 N–H and O–H groups in total. The Labute approximate surface area is 123 Å². The monoisotopic (exact) mass is 279 g/mol. The van der Waals surface area contributed by atoms with E-state index in [1.165, 1.54) is 32.1 Å². The molecule has 0 heterocycles. The normalized spacial score (nSPS) is 10.5. The second-order valence-electron chi connectivity index (χ2n) is 5.20. The molecule has 3 nitrogen and oxygen atoms in total. The lowest BCUT2D eigenvalue weighted by atomic mass is 10.1. The zero-order valence-electron chi connectivity index (χ0n) is 13.0. The fourth-order valence-corrected chi connectivity index (χ4v) is 2.05. The van der Waals surface area contributed by atoms with Crippen LogP contribution in [-0.4, -0.2) is 13.2 Å². The molecule has 0 radical (unpaired) electrons. The van der Waals surface area contributed by atoms with Gasteiger partial charge in [0.15, 0.2) is 0 Å². The fourth-order valence-electron chi connectivity index (χ4n) is 2.05. The van der Waals surface area contributed by atoms with Gasteiger partial charge in [-0.05, 0) is 12.8 Å². The van der Waals surface area contributed by atoms with E-state index in [1.54, 1.807) is 0 Å². The molecule has 0 aliphatic carbocycles. The van der Waals surface area contributed by atoms with Crippen molar-refractivity contribution in [2.24, 2.45) is 0 Å². The Morgan fingerprint density at radius 1 is 0.750 bits per heavy atom. The van der Waals surface area contributed by atoms with Crippen molar-refractivity contribution in [1.82, 2.24) is 0 Å². The van der Waals surface area contributed by atoms with Gasteiger partial charge in [-0.25, -0.2) is 0 Å². The molecule has 0 fully saturated rings. The molecule has 0 atom stereocenters. The summed E-state index contributed by atoms with van der Waals surface area (Å²) in [5.41, 5.74) is 6.55. The second-order valence-corrected chi connectivity index (χ2v) is 5.20. The minimum absolute atomic E-state index is 0.691. The minimum Gasteiger partial charge on any atom is -0.493 e. The third-order valence-electron chi connectivity index (χ3n) is 3.14. The van der Waals surface area contributed by atoms with Crippen molar-refractivity contribution in [3.05, 3.63) is 18.2 Å². The maximum Gasteiger partial charge on any atom is 0.125 e. The Morgan fingerprint density at radius 2 is 1.35 bits per heavy atom. The van der Waals surface area contributed by atoms with Crippen molar-refractivity contribution in [1.29, 1.82) is 0 Å². The highest BCUT2D eigenvalue weighted by Gasteiger charge is 2.01. The van der Waals surface area contributed by atoms with Gasteiger partial charge in [0, 0.05) is 23.9 Å². The molecule has 0 aliphatic rings. The predicted octanol–water partition coefficient (Wildman–Crippen LogP) is 4.80. The van der Waals surface area contributed by atoms with Gasteiger partial charge in [0.2, 0.25) is 0 Å². The van der Waals surface area contributed by atoms with Crippen molar-refractivity contribution in [3.8, 4) is 11.5 Å². The summed E-state index contributed by atoms with van der Waals surface area (Å²) in [4.78, 5) is 0. The van der Waals surface area contributed by atoms with Gasteiger partial charge in [-0.3, -0.25) is 0 Å². The van der Waals surface area contributed by atoms with Crippen LogP contribution in [-0.2, 0) is 0 Å². The van der Waals surface area contributed by atoms with Crippen molar-refractivity contribution in [3.63, 3.8) is 0 Å². The van der Waals surface area contributed by atoms with E-state index in [0.29, 0.717) is 12.3 Å². The van der Waals surface area contributed by atoms with Gasteiger partial charge in [-0.15, -0.1) is 0 Å². The van der Waals surface area contributed by atoms with Crippen molar-refractivity contribution >= 4 is 5.69 Å². The number of benzene rings is 1. The zero-order chi connectivity index (χ0) is 14.6. The molecule has 1 aromatic rings. The number of hydrogen-bond acceptors (Lipinski definition) is 3. The van der Waals surface area contributed by atoms with Gasteiger partial charge in [0.1, 0.15) is 11.5 Å². The molecule has 114 valence electrons. The van der Waals surface area contributed by atoms with Crippen LogP contribution in [0.1, 0.15) is 58.8 Å². The summed E-state index contributed by atoms with van der Waals surface area (Å²) in [6, 6.07) is 5.62. The number of hydrogen-bond donors (Lipinski definition) is 1. The third kappa shape index (κ3) is 7.27. The number of ether oxygens (including phenoxy) is 2. The molecule has 0 saturated carbocycles. The number of anilines is 1. The lowest BCUT2D eigenvalue weighted by Crippen LogP contribution is -2.00. The van der Waals surface area contributed by atoms with Crippen LogP contribution in [0.5, 0.6) is 11.5 Å². The lowest BCUT2D eigenvalue weighted by molar-refractivity contribution is 0.294. The van der Waals surface area contributed by atoms with Crippen LogP contribution in [0.2, 0.25) is 0 Å². The summed E-state index contributed by atoms with van der Waals surface area (Å²) in [7, 11) is 0. The molecule has 0 unspecified atom stereocenters. The van der Waals surface area contributed by atoms with E-state index < -0.39 is 0 Å². The first kappa shape index (κ1) is 16.7. The summed E-state index contributed by atoms with van der Waals surface area (Å²) in [5, 5.41) is 0. The van der Waals surface area contributed by atoms with Crippen LogP contribution in [0.3, 0.4) is 0 Å². The van der Waals surface area contributed by atoms with E-state index in [2.05, 4.69) is 13.8 Å². The Balaban J connectivity index is 2.26. The summed E-state index contributed by atoms with van der Waals surface area (Å²) < 4.78 is 11.3. The maximum absolute atomic E-state index is 5.86. The molecule has 1 aromatic carbocycles. The molecule has 0 saturated heterocycles. The number of nitrogens with two attached hydrogens (primary N) is 1. The Hall–Kier alpha value is -1.38. The van der Waals surface area contributed by atoms with Gasteiger partial charge in [-0.1, -0.05) is 46.0 Å². The Bertz CT molecular complexity index is 366. The van der Waals surface area contributed by atoms with E-state index >= 15 is 0 Å². The van der Waals surface area contributed by atoms with E-state index in [1.807, 2.05) is 18.2 Å². The van der Waals surface area contributed by atoms with Crippen molar-refractivity contribution < 1.29 is 9.47 Å². The average Bonchev–Trinajstić information content (AvgIpc) is 2.43. The van der Waals surface area contributed by atoms with E-state index in [4.69, 9.17) is 15.2 Å².